The zero-order valence-corrected chi connectivity index (χ0v) is 21.6. The maximum Gasteiger partial charge on any atom is 0.267 e. The summed E-state index contributed by atoms with van der Waals surface area (Å²) in [4.78, 5) is 22.9. The van der Waals surface area contributed by atoms with E-state index in [0.717, 1.165) is 47.3 Å². The highest BCUT2D eigenvalue weighted by molar-refractivity contribution is 5.63. The topological polar surface area (TPSA) is 100 Å². The highest BCUT2D eigenvalue weighted by Gasteiger charge is 2.34. The quantitative estimate of drug-likeness (QED) is 0.375. The van der Waals surface area contributed by atoms with Crippen LogP contribution in [0.1, 0.15) is 36.4 Å². The minimum atomic E-state index is -0.239. The van der Waals surface area contributed by atoms with E-state index >= 15 is 0 Å². The number of anilines is 1. The largest absolute Gasteiger partial charge is 0.367 e. The Morgan fingerprint density at radius 1 is 1.05 bits per heavy atom. The molecule has 1 aliphatic heterocycles. The zero-order valence-electron chi connectivity index (χ0n) is 21.6. The average Bonchev–Trinajstić information content (AvgIpc) is 3.54. The van der Waals surface area contributed by atoms with Crippen molar-refractivity contribution in [1.82, 2.24) is 19.4 Å². The van der Waals surface area contributed by atoms with E-state index in [1.54, 1.807) is 11.6 Å². The van der Waals surface area contributed by atoms with Gasteiger partial charge in [-0.25, -0.2) is 4.99 Å². The fourth-order valence-electron chi connectivity index (χ4n) is 5.43. The van der Waals surface area contributed by atoms with E-state index in [0.29, 0.717) is 23.2 Å². The summed E-state index contributed by atoms with van der Waals surface area (Å²) in [6.45, 7) is 2.51. The van der Waals surface area contributed by atoms with Gasteiger partial charge >= 0.3 is 0 Å². The molecule has 2 aromatic heterocycles. The van der Waals surface area contributed by atoms with Crippen LogP contribution >= 0.6 is 0 Å². The molecule has 2 atom stereocenters. The molecule has 1 fully saturated rings. The van der Waals surface area contributed by atoms with Gasteiger partial charge in [-0.15, -0.1) is 0 Å². The monoisotopic (exact) mass is 505 g/mol. The summed E-state index contributed by atoms with van der Waals surface area (Å²) in [5.41, 5.74) is 5.56. The van der Waals surface area contributed by atoms with Gasteiger partial charge in [0.25, 0.3) is 5.56 Å². The molecule has 6 rings (SSSR count). The van der Waals surface area contributed by atoms with Crippen LogP contribution in [0.2, 0.25) is 0 Å². The normalized spacial score (nSPS) is 18.4. The maximum atomic E-state index is 13.6. The standard InChI is InChI=1S/C30H31N7O/c1-19-11-16-23(32-17-19)21-14-12-20(13-15-21)18-33-28(34-22-7-4-3-5-8-22)26-27(31)37-25-10-6-9-24(25)35-30(37)36(2)29(26)38/h3-5,7-8,11-17,24-25,31,33-34H,6,9-10,18H2,1-2H3/b28-26-,31-27?. The number of benzene rings is 2. The number of pyridine rings is 1. The highest BCUT2D eigenvalue weighted by atomic mass is 16.1. The first-order valence-corrected chi connectivity index (χ1v) is 13.1. The van der Waals surface area contributed by atoms with Gasteiger partial charge < -0.3 is 10.6 Å². The van der Waals surface area contributed by atoms with Gasteiger partial charge in [-0.1, -0.05) is 48.5 Å². The second kappa shape index (κ2) is 9.78. The summed E-state index contributed by atoms with van der Waals surface area (Å²) < 4.78 is 3.54. The Hall–Kier alpha value is -4.46. The third-order valence-corrected chi connectivity index (χ3v) is 7.49. The number of fused-ring (bicyclic) bond motifs is 3. The molecule has 3 N–H and O–H groups in total. The molecule has 2 unspecified atom stereocenters. The average molecular weight is 506 g/mol. The lowest BCUT2D eigenvalue weighted by atomic mass is 10.1. The second-order valence-corrected chi connectivity index (χ2v) is 10.1. The molecule has 0 spiro atoms. The summed E-state index contributed by atoms with van der Waals surface area (Å²) in [7, 11) is 1.75. The number of nitrogens with zero attached hydrogens (tertiary/aromatic N) is 4. The van der Waals surface area contributed by atoms with E-state index in [4.69, 9.17) is 10.4 Å². The van der Waals surface area contributed by atoms with Crippen LogP contribution in [0.3, 0.4) is 0 Å². The first-order chi connectivity index (χ1) is 18.5. The van der Waals surface area contributed by atoms with Crippen molar-refractivity contribution in [2.24, 2.45) is 12.0 Å². The summed E-state index contributed by atoms with van der Waals surface area (Å²) in [5, 5.41) is 16.3. The van der Waals surface area contributed by atoms with Crippen LogP contribution in [0.4, 0.5) is 5.69 Å². The Bertz CT molecular complexity index is 1720. The first-order valence-electron chi connectivity index (χ1n) is 13.1. The molecule has 4 aromatic rings. The van der Waals surface area contributed by atoms with Crippen molar-refractivity contribution in [2.45, 2.75) is 44.8 Å². The minimum Gasteiger partial charge on any atom is -0.367 e. The van der Waals surface area contributed by atoms with Gasteiger partial charge in [-0.3, -0.25) is 24.3 Å². The second-order valence-electron chi connectivity index (χ2n) is 10.1. The summed E-state index contributed by atoms with van der Waals surface area (Å²) in [6.07, 6.45) is 4.94. The molecular weight excluding hydrogens is 474 g/mol. The van der Waals surface area contributed by atoms with Crippen molar-refractivity contribution in [2.75, 3.05) is 5.32 Å². The Kier molecular flexibility index (Phi) is 6.15. The summed E-state index contributed by atoms with van der Waals surface area (Å²) in [5.74, 6) is 0.517. The molecule has 0 bridgehead atoms. The van der Waals surface area contributed by atoms with Crippen molar-refractivity contribution in [3.05, 3.63) is 111 Å². The number of para-hydroxylation sites is 1. The van der Waals surface area contributed by atoms with E-state index in [9.17, 15) is 4.79 Å². The summed E-state index contributed by atoms with van der Waals surface area (Å²) >= 11 is 0. The Labute approximate surface area is 220 Å². The predicted molar refractivity (Wildman–Crippen MR) is 148 cm³/mol. The Morgan fingerprint density at radius 2 is 1.84 bits per heavy atom. The number of nitrogens with one attached hydrogen (secondary N) is 3. The van der Waals surface area contributed by atoms with Gasteiger partial charge in [0, 0.05) is 31.0 Å². The van der Waals surface area contributed by atoms with Crippen molar-refractivity contribution < 1.29 is 0 Å². The lowest BCUT2D eigenvalue weighted by molar-refractivity contribution is 0.465. The molecule has 8 nitrogen and oxygen atoms in total. The number of aromatic nitrogens is 3. The molecule has 192 valence electrons. The highest BCUT2D eigenvalue weighted by Crippen LogP contribution is 2.32. The van der Waals surface area contributed by atoms with Crippen molar-refractivity contribution in [3.63, 3.8) is 0 Å². The van der Waals surface area contributed by atoms with Crippen LogP contribution in [-0.4, -0.2) is 20.2 Å². The maximum absolute atomic E-state index is 13.6. The zero-order chi connectivity index (χ0) is 26.2. The van der Waals surface area contributed by atoms with Crippen LogP contribution in [0.5, 0.6) is 0 Å². The molecule has 1 saturated carbocycles. The van der Waals surface area contributed by atoms with Crippen LogP contribution < -0.4 is 32.5 Å². The van der Waals surface area contributed by atoms with Crippen LogP contribution in [0.15, 0.2) is 82.7 Å². The van der Waals surface area contributed by atoms with E-state index < -0.39 is 0 Å². The number of rotatable bonds is 6. The number of hydrogen-bond donors (Lipinski definition) is 3. The lowest BCUT2D eigenvalue weighted by Crippen LogP contribution is -2.59. The van der Waals surface area contributed by atoms with E-state index in [1.807, 2.05) is 54.1 Å². The van der Waals surface area contributed by atoms with Gasteiger partial charge in [0.2, 0.25) is 5.62 Å². The van der Waals surface area contributed by atoms with Gasteiger partial charge in [-0.05, 0) is 55.5 Å². The molecule has 8 heteroatoms. The number of aryl methyl sites for hydroxylation is 1. The van der Waals surface area contributed by atoms with Crippen LogP contribution in [0, 0.1) is 12.3 Å². The van der Waals surface area contributed by atoms with Gasteiger partial charge in [0.15, 0.2) is 0 Å². The third-order valence-electron chi connectivity index (χ3n) is 7.49. The van der Waals surface area contributed by atoms with E-state index in [-0.39, 0.29) is 23.1 Å². The van der Waals surface area contributed by atoms with E-state index in [2.05, 4.69) is 45.9 Å². The SMILES string of the molecule is Cc1ccc(-c2ccc(CN/C(Nc3ccccc3)=c3/c(=O)n(C)c4n(c3=N)C3CCCC3N=4)cc2)nc1. The van der Waals surface area contributed by atoms with E-state index in [1.165, 1.54) is 0 Å². The molecule has 0 amide bonds. The van der Waals surface area contributed by atoms with Crippen LogP contribution in [0.25, 0.3) is 17.1 Å². The Balaban J connectivity index is 1.39. The first kappa shape index (κ1) is 23.9. The number of hydrogen-bond acceptors (Lipinski definition) is 6. The van der Waals surface area contributed by atoms with Crippen molar-refractivity contribution in [3.8, 4) is 11.3 Å². The van der Waals surface area contributed by atoms with Gasteiger partial charge in [0.05, 0.1) is 17.8 Å². The minimum absolute atomic E-state index is 0.143. The predicted octanol–water partition coefficient (Wildman–Crippen LogP) is 2.73. The molecule has 1 aliphatic carbocycles. The fraction of sp³-hybridized carbons (Fsp3) is 0.267. The molecule has 0 saturated heterocycles. The molecule has 0 radical (unpaired) electrons. The molecule has 38 heavy (non-hydrogen) atoms. The van der Waals surface area contributed by atoms with Gasteiger partial charge in [0.1, 0.15) is 16.5 Å². The third kappa shape index (κ3) is 4.32. The molecule has 3 heterocycles. The van der Waals surface area contributed by atoms with Crippen molar-refractivity contribution >= 4 is 11.5 Å². The lowest BCUT2D eigenvalue weighted by Gasteiger charge is -2.17. The Morgan fingerprint density at radius 3 is 2.58 bits per heavy atom. The molecule has 2 aromatic carbocycles. The van der Waals surface area contributed by atoms with Crippen molar-refractivity contribution in [1.29, 1.82) is 5.41 Å². The molecular formula is C30H31N7O. The fourth-order valence-corrected chi connectivity index (χ4v) is 5.43. The summed E-state index contributed by atoms with van der Waals surface area (Å²) in [6, 6.07) is 22.3. The van der Waals surface area contributed by atoms with Crippen LogP contribution in [-0.2, 0) is 13.6 Å². The van der Waals surface area contributed by atoms with Gasteiger partial charge in [-0.2, -0.15) is 0 Å². The smallest absolute Gasteiger partial charge is 0.267 e. The molecule has 2 aliphatic rings.